The summed E-state index contributed by atoms with van der Waals surface area (Å²) in [7, 11) is 0. The smallest absolute Gasteiger partial charge is 0.258 e. The van der Waals surface area contributed by atoms with Gasteiger partial charge < -0.3 is 15.8 Å². The van der Waals surface area contributed by atoms with E-state index < -0.39 is 0 Å². The minimum Gasteiger partial charge on any atom is -0.484 e. The van der Waals surface area contributed by atoms with Gasteiger partial charge in [0.2, 0.25) is 0 Å². The molecule has 1 aromatic carbocycles. The van der Waals surface area contributed by atoms with Crippen LogP contribution in [-0.4, -0.2) is 25.1 Å². The molecule has 1 saturated carbocycles. The van der Waals surface area contributed by atoms with Crippen molar-refractivity contribution in [3.05, 3.63) is 28.2 Å². The maximum Gasteiger partial charge on any atom is 0.258 e. The molecule has 2 rings (SSSR count). The Balaban J connectivity index is 0.00000200. The second kappa shape index (κ2) is 7.93. The molecule has 1 aromatic rings. The van der Waals surface area contributed by atoms with E-state index in [1.165, 1.54) is 0 Å². The Kier molecular flexibility index (Phi) is 6.89. The minimum atomic E-state index is -0.182. The lowest BCUT2D eigenvalue weighted by Gasteiger charge is -2.16. The van der Waals surface area contributed by atoms with E-state index in [0.29, 0.717) is 28.3 Å². The number of nitrogens with one attached hydrogen (secondary N) is 1. The summed E-state index contributed by atoms with van der Waals surface area (Å²) in [5.74, 6) is 0.816. The molecule has 0 aliphatic heterocycles. The first kappa shape index (κ1) is 17.4. The first-order valence-corrected chi connectivity index (χ1v) is 6.92. The number of ether oxygens (including phenoxy) is 1. The molecule has 1 unspecified atom stereocenters. The molecular formula is C13H17Cl3N2O2. The van der Waals surface area contributed by atoms with Crippen LogP contribution < -0.4 is 15.8 Å². The highest BCUT2D eigenvalue weighted by molar-refractivity contribution is 6.34. The highest BCUT2D eigenvalue weighted by atomic mass is 35.5. The molecule has 3 N–H and O–H groups in total. The molecule has 0 bridgehead atoms. The van der Waals surface area contributed by atoms with Crippen molar-refractivity contribution in [3.8, 4) is 5.75 Å². The average molecular weight is 340 g/mol. The van der Waals surface area contributed by atoms with E-state index in [4.69, 9.17) is 33.7 Å². The van der Waals surface area contributed by atoms with Crippen molar-refractivity contribution in [2.75, 3.05) is 13.2 Å². The lowest BCUT2D eigenvalue weighted by atomic mass is 10.2. The molecule has 1 aliphatic rings. The summed E-state index contributed by atoms with van der Waals surface area (Å²) in [6.45, 7) is 0.388. The van der Waals surface area contributed by atoms with Gasteiger partial charge in [-0.3, -0.25) is 4.79 Å². The molecule has 0 spiro atoms. The SMILES string of the molecule is Cl.NCC(NC(=O)COc1cc(Cl)cc(Cl)c1)C1CC1. The lowest BCUT2D eigenvalue weighted by molar-refractivity contribution is -0.123. The summed E-state index contributed by atoms with van der Waals surface area (Å²) >= 11 is 11.7. The van der Waals surface area contributed by atoms with Gasteiger partial charge in [-0.15, -0.1) is 12.4 Å². The highest BCUT2D eigenvalue weighted by Gasteiger charge is 2.31. The van der Waals surface area contributed by atoms with Gasteiger partial charge in [-0.25, -0.2) is 0 Å². The number of rotatable bonds is 6. The van der Waals surface area contributed by atoms with Gasteiger partial charge in [0.15, 0.2) is 6.61 Å². The van der Waals surface area contributed by atoms with E-state index >= 15 is 0 Å². The van der Waals surface area contributed by atoms with Crippen molar-refractivity contribution in [1.82, 2.24) is 5.32 Å². The molecule has 7 heteroatoms. The number of nitrogens with two attached hydrogens (primary N) is 1. The maximum absolute atomic E-state index is 11.7. The summed E-state index contributed by atoms with van der Waals surface area (Å²) in [4.78, 5) is 11.7. The Labute approximate surface area is 134 Å². The minimum absolute atomic E-state index is 0. The number of hydrogen-bond donors (Lipinski definition) is 2. The second-order valence-corrected chi connectivity index (χ2v) is 5.51. The van der Waals surface area contributed by atoms with Gasteiger partial charge in [0.05, 0.1) is 0 Å². The zero-order valence-corrected chi connectivity index (χ0v) is 13.1. The van der Waals surface area contributed by atoms with Crippen LogP contribution in [0.3, 0.4) is 0 Å². The van der Waals surface area contributed by atoms with Crippen LogP contribution in [0, 0.1) is 5.92 Å². The maximum atomic E-state index is 11.7. The van der Waals surface area contributed by atoms with Crippen LogP contribution in [0.15, 0.2) is 18.2 Å². The summed E-state index contributed by atoms with van der Waals surface area (Å²) in [5, 5.41) is 3.82. The van der Waals surface area contributed by atoms with E-state index in [-0.39, 0.29) is 31.0 Å². The van der Waals surface area contributed by atoms with Crippen molar-refractivity contribution in [2.24, 2.45) is 11.7 Å². The molecule has 4 nitrogen and oxygen atoms in total. The fourth-order valence-corrected chi connectivity index (χ4v) is 2.38. The third-order valence-corrected chi connectivity index (χ3v) is 3.43. The van der Waals surface area contributed by atoms with Crippen LogP contribution in [0.5, 0.6) is 5.75 Å². The Bertz CT molecular complexity index is 447. The van der Waals surface area contributed by atoms with Gasteiger partial charge in [-0.1, -0.05) is 23.2 Å². The monoisotopic (exact) mass is 338 g/mol. The zero-order valence-electron chi connectivity index (χ0n) is 10.8. The molecule has 1 atom stereocenters. The molecule has 1 aliphatic carbocycles. The molecule has 1 fully saturated rings. The summed E-state index contributed by atoms with van der Waals surface area (Å²) in [6.07, 6.45) is 2.26. The quantitative estimate of drug-likeness (QED) is 0.837. The predicted octanol–water partition coefficient (Wildman–Crippen LogP) is 2.65. The van der Waals surface area contributed by atoms with Crippen LogP contribution in [0.2, 0.25) is 10.0 Å². The summed E-state index contributed by atoms with van der Waals surface area (Å²) < 4.78 is 5.35. The molecule has 0 saturated heterocycles. The van der Waals surface area contributed by atoms with E-state index in [1.54, 1.807) is 18.2 Å². The Morgan fingerprint density at radius 1 is 1.35 bits per heavy atom. The summed E-state index contributed by atoms with van der Waals surface area (Å²) in [5.41, 5.74) is 5.62. The molecular weight excluding hydrogens is 323 g/mol. The molecule has 112 valence electrons. The number of benzene rings is 1. The number of amides is 1. The predicted molar refractivity (Wildman–Crippen MR) is 82.9 cm³/mol. The summed E-state index contributed by atoms with van der Waals surface area (Å²) in [6, 6.07) is 4.89. The first-order valence-electron chi connectivity index (χ1n) is 6.17. The van der Waals surface area contributed by atoms with E-state index in [9.17, 15) is 4.79 Å². The average Bonchev–Trinajstić information content (AvgIpc) is 3.16. The van der Waals surface area contributed by atoms with Crippen molar-refractivity contribution in [1.29, 1.82) is 0 Å². The largest absolute Gasteiger partial charge is 0.484 e. The van der Waals surface area contributed by atoms with Crippen molar-refractivity contribution in [2.45, 2.75) is 18.9 Å². The van der Waals surface area contributed by atoms with E-state index in [0.717, 1.165) is 12.8 Å². The fraction of sp³-hybridized carbons (Fsp3) is 0.462. The van der Waals surface area contributed by atoms with E-state index in [2.05, 4.69) is 5.32 Å². The standard InChI is InChI=1S/C13H16Cl2N2O2.ClH/c14-9-3-10(15)5-11(4-9)19-7-13(18)17-12(6-16)8-1-2-8;/h3-5,8,12H,1-2,6-7,16H2,(H,17,18);1H. The van der Waals surface area contributed by atoms with Crippen LogP contribution in [-0.2, 0) is 4.79 Å². The van der Waals surface area contributed by atoms with Crippen LogP contribution >= 0.6 is 35.6 Å². The van der Waals surface area contributed by atoms with Crippen LogP contribution in [0.1, 0.15) is 12.8 Å². The fourth-order valence-electron chi connectivity index (χ4n) is 1.88. The van der Waals surface area contributed by atoms with Gasteiger partial charge in [-0.2, -0.15) is 0 Å². The van der Waals surface area contributed by atoms with Crippen molar-refractivity contribution < 1.29 is 9.53 Å². The molecule has 0 aromatic heterocycles. The van der Waals surface area contributed by atoms with Crippen LogP contribution in [0.4, 0.5) is 0 Å². The van der Waals surface area contributed by atoms with Gasteiger partial charge in [-0.05, 0) is 37.0 Å². The Hall–Kier alpha value is -0.680. The van der Waals surface area contributed by atoms with Crippen molar-refractivity contribution >= 4 is 41.5 Å². The van der Waals surface area contributed by atoms with Gasteiger partial charge in [0.25, 0.3) is 5.91 Å². The number of carbonyl (C=O) groups excluding carboxylic acids is 1. The van der Waals surface area contributed by atoms with E-state index in [1.807, 2.05) is 0 Å². The molecule has 20 heavy (non-hydrogen) atoms. The number of hydrogen-bond acceptors (Lipinski definition) is 3. The van der Waals surface area contributed by atoms with Gasteiger partial charge in [0.1, 0.15) is 5.75 Å². The Morgan fingerprint density at radius 2 is 1.95 bits per heavy atom. The van der Waals surface area contributed by atoms with Crippen molar-refractivity contribution in [3.63, 3.8) is 0 Å². The number of halogens is 3. The molecule has 1 amide bonds. The van der Waals surface area contributed by atoms with Gasteiger partial charge in [0, 0.05) is 22.6 Å². The topological polar surface area (TPSA) is 64.3 Å². The highest BCUT2D eigenvalue weighted by Crippen LogP contribution is 2.32. The Morgan fingerprint density at radius 3 is 2.45 bits per heavy atom. The third-order valence-electron chi connectivity index (χ3n) is 3.00. The second-order valence-electron chi connectivity index (χ2n) is 4.64. The first-order chi connectivity index (χ1) is 9.08. The lowest BCUT2D eigenvalue weighted by Crippen LogP contribution is -2.43. The molecule has 0 radical (unpaired) electrons. The molecule has 0 heterocycles. The number of carbonyl (C=O) groups is 1. The van der Waals surface area contributed by atoms with Gasteiger partial charge >= 0.3 is 0 Å². The zero-order chi connectivity index (χ0) is 13.8. The third kappa shape index (κ3) is 5.37. The normalized spacial score (nSPS) is 15.2. The van der Waals surface area contributed by atoms with Crippen LogP contribution in [0.25, 0.3) is 0 Å².